The Morgan fingerprint density at radius 3 is 2.43 bits per heavy atom. The molecule has 30 heavy (non-hydrogen) atoms. The minimum absolute atomic E-state index is 0.435. The number of hydrogen-bond donors (Lipinski definition) is 2. The van der Waals surface area contributed by atoms with Gasteiger partial charge >= 0.3 is 11.9 Å². The number of aliphatic carboxylic acids is 2. The van der Waals surface area contributed by atoms with Crippen LogP contribution >= 0.6 is 11.6 Å². The van der Waals surface area contributed by atoms with Gasteiger partial charge in [-0.15, -0.1) is 0 Å². The average molecular weight is 431 g/mol. The van der Waals surface area contributed by atoms with Crippen LogP contribution in [0.3, 0.4) is 0 Å². The topological polar surface area (TPSA) is 111 Å². The van der Waals surface area contributed by atoms with Crippen LogP contribution in [0.5, 0.6) is 5.75 Å². The van der Waals surface area contributed by atoms with Gasteiger partial charge in [-0.3, -0.25) is 0 Å². The van der Waals surface area contributed by atoms with E-state index in [9.17, 15) is 5.26 Å². The zero-order chi connectivity index (χ0) is 22.3. The van der Waals surface area contributed by atoms with Crippen LogP contribution in [0.15, 0.2) is 42.5 Å². The van der Waals surface area contributed by atoms with Crippen LogP contribution in [-0.4, -0.2) is 47.7 Å². The van der Waals surface area contributed by atoms with E-state index >= 15 is 0 Å². The second-order valence-electron chi connectivity index (χ2n) is 7.12. The highest BCUT2D eigenvalue weighted by Crippen LogP contribution is 2.45. The van der Waals surface area contributed by atoms with E-state index in [0.29, 0.717) is 11.6 Å². The van der Waals surface area contributed by atoms with Gasteiger partial charge in [0.25, 0.3) is 0 Å². The minimum atomic E-state index is -1.82. The summed E-state index contributed by atoms with van der Waals surface area (Å²) >= 11 is 6.18. The number of carboxylic acids is 2. The minimum Gasteiger partial charge on any atom is -0.489 e. The van der Waals surface area contributed by atoms with Gasteiger partial charge in [0.1, 0.15) is 17.8 Å². The number of fused-ring (bicyclic) bond motifs is 2. The zero-order valence-corrected chi connectivity index (χ0v) is 17.5. The zero-order valence-electron chi connectivity index (χ0n) is 16.8. The molecule has 0 aliphatic carbocycles. The summed E-state index contributed by atoms with van der Waals surface area (Å²) in [6, 6.07) is 16.3. The highest BCUT2D eigenvalue weighted by molar-refractivity contribution is 6.30. The van der Waals surface area contributed by atoms with Crippen molar-refractivity contribution in [2.24, 2.45) is 0 Å². The summed E-state index contributed by atoms with van der Waals surface area (Å²) in [5.41, 5.74) is 2.25. The van der Waals surface area contributed by atoms with Crippen LogP contribution in [0, 0.1) is 11.3 Å². The van der Waals surface area contributed by atoms with Gasteiger partial charge in [0, 0.05) is 10.6 Å². The lowest BCUT2D eigenvalue weighted by Gasteiger charge is -2.29. The van der Waals surface area contributed by atoms with Crippen LogP contribution in [0.1, 0.15) is 29.5 Å². The molecule has 8 heteroatoms. The molecule has 0 saturated heterocycles. The lowest BCUT2D eigenvalue weighted by atomic mass is 9.71. The van der Waals surface area contributed by atoms with E-state index < -0.39 is 17.4 Å². The fraction of sp³-hybridized carbons (Fsp3) is 0.318. The van der Waals surface area contributed by atoms with Crippen LogP contribution in [-0.2, 0) is 21.6 Å². The highest BCUT2D eigenvalue weighted by atomic mass is 35.5. The first-order chi connectivity index (χ1) is 14.2. The van der Waals surface area contributed by atoms with Gasteiger partial charge in [-0.2, -0.15) is 5.26 Å². The van der Waals surface area contributed by atoms with Crippen molar-refractivity contribution in [2.45, 2.75) is 24.9 Å². The molecule has 2 aromatic carbocycles. The summed E-state index contributed by atoms with van der Waals surface area (Å²) < 4.78 is 5.99. The van der Waals surface area contributed by atoms with Crippen molar-refractivity contribution in [1.82, 2.24) is 4.90 Å². The molecule has 1 heterocycles. The predicted molar refractivity (Wildman–Crippen MR) is 112 cm³/mol. The van der Waals surface area contributed by atoms with Crippen molar-refractivity contribution in [2.75, 3.05) is 20.6 Å². The summed E-state index contributed by atoms with van der Waals surface area (Å²) in [4.78, 5) is 20.3. The first kappa shape index (κ1) is 23.2. The van der Waals surface area contributed by atoms with Crippen molar-refractivity contribution in [3.8, 4) is 11.8 Å². The number of hydrogen-bond acceptors (Lipinski definition) is 5. The summed E-state index contributed by atoms with van der Waals surface area (Å²) in [7, 11) is 4.10. The molecule has 0 aromatic heterocycles. The maximum absolute atomic E-state index is 10.2. The molecular weight excluding hydrogens is 408 g/mol. The number of carboxylic acid groups (broad SMARTS) is 2. The summed E-state index contributed by atoms with van der Waals surface area (Å²) in [6.45, 7) is 1.37. The Labute approximate surface area is 180 Å². The van der Waals surface area contributed by atoms with Crippen LogP contribution in [0.2, 0.25) is 5.02 Å². The number of ether oxygens (including phenoxy) is 1. The molecule has 0 bridgehead atoms. The lowest BCUT2D eigenvalue weighted by Crippen LogP contribution is -2.28. The number of nitriles is 1. The van der Waals surface area contributed by atoms with E-state index in [1.165, 1.54) is 0 Å². The molecule has 0 saturated carbocycles. The molecule has 1 aliphatic heterocycles. The third kappa shape index (κ3) is 5.29. The average Bonchev–Trinajstić information content (AvgIpc) is 2.83. The van der Waals surface area contributed by atoms with E-state index in [1.807, 2.05) is 42.5 Å². The van der Waals surface area contributed by atoms with Crippen molar-refractivity contribution in [3.05, 3.63) is 64.2 Å². The van der Waals surface area contributed by atoms with E-state index in [4.69, 9.17) is 36.1 Å². The summed E-state index contributed by atoms with van der Waals surface area (Å²) in [5.74, 6) is -2.86. The Kier molecular flexibility index (Phi) is 7.81. The molecular formula is C22H23ClN2O5. The number of benzene rings is 2. The molecule has 158 valence electrons. The maximum atomic E-state index is 10.2. The largest absolute Gasteiger partial charge is 0.489 e. The Hall–Kier alpha value is -3.08. The fourth-order valence-electron chi connectivity index (χ4n) is 3.45. The molecule has 1 unspecified atom stereocenters. The predicted octanol–water partition coefficient (Wildman–Crippen LogP) is 3.54. The van der Waals surface area contributed by atoms with Crippen molar-refractivity contribution < 1.29 is 24.5 Å². The van der Waals surface area contributed by atoms with E-state index in [2.05, 4.69) is 25.1 Å². The monoisotopic (exact) mass is 430 g/mol. The van der Waals surface area contributed by atoms with Crippen LogP contribution in [0.4, 0.5) is 0 Å². The Morgan fingerprint density at radius 2 is 1.83 bits per heavy atom. The van der Waals surface area contributed by atoms with Gasteiger partial charge < -0.3 is 19.8 Å². The maximum Gasteiger partial charge on any atom is 0.414 e. The van der Waals surface area contributed by atoms with E-state index in [-0.39, 0.29) is 0 Å². The van der Waals surface area contributed by atoms with Gasteiger partial charge in [0.15, 0.2) is 0 Å². The third-order valence-electron chi connectivity index (χ3n) is 4.79. The molecule has 0 fully saturated rings. The molecule has 0 radical (unpaired) electrons. The Bertz CT molecular complexity index is 958. The van der Waals surface area contributed by atoms with Gasteiger partial charge in [-0.1, -0.05) is 35.9 Å². The third-order valence-corrected chi connectivity index (χ3v) is 5.02. The number of rotatable bonds is 4. The highest BCUT2D eigenvalue weighted by Gasteiger charge is 2.40. The number of carbonyl (C=O) groups is 2. The fourth-order valence-corrected chi connectivity index (χ4v) is 3.64. The lowest BCUT2D eigenvalue weighted by molar-refractivity contribution is -0.159. The molecule has 1 aliphatic rings. The smallest absolute Gasteiger partial charge is 0.414 e. The van der Waals surface area contributed by atoms with Gasteiger partial charge in [0.2, 0.25) is 0 Å². The molecule has 3 rings (SSSR count). The molecule has 2 N–H and O–H groups in total. The quantitative estimate of drug-likeness (QED) is 0.713. The first-order valence-corrected chi connectivity index (χ1v) is 9.62. The Balaban J connectivity index is 0.000000469. The van der Waals surface area contributed by atoms with Gasteiger partial charge in [-0.25, -0.2) is 9.59 Å². The van der Waals surface area contributed by atoms with Crippen molar-refractivity contribution in [3.63, 3.8) is 0 Å². The Morgan fingerprint density at radius 1 is 1.17 bits per heavy atom. The SMILES string of the molecule is CN(C)CCCC1(C#N)c2ccc(Cl)cc2COc2ccccc21.O=C(O)C(=O)O. The van der Waals surface area contributed by atoms with E-state index in [0.717, 1.165) is 41.8 Å². The molecule has 0 amide bonds. The molecule has 1 atom stereocenters. The summed E-state index contributed by atoms with van der Waals surface area (Å²) in [6.07, 6.45) is 1.67. The normalized spacial score (nSPS) is 16.6. The van der Waals surface area contributed by atoms with E-state index in [1.54, 1.807) is 0 Å². The number of para-hydroxylation sites is 1. The van der Waals surface area contributed by atoms with Gasteiger partial charge in [0.05, 0.1) is 6.07 Å². The summed E-state index contributed by atoms with van der Waals surface area (Å²) in [5, 5.41) is 25.7. The van der Waals surface area contributed by atoms with Crippen molar-refractivity contribution in [1.29, 1.82) is 5.26 Å². The van der Waals surface area contributed by atoms with Gasteiger partial charge in [-0.05, 0) is 62.8 Å². The van der Waals surface area contributed by atoms with Crippen LogP contribution in [0.25, 0.3) is 0 Å². The molecule has 0 spiro atoms. The standard InChI is InChI=1S/C20H21ClN2O.C2H2O4/c1-23(2)11-5-10-20(14-22)17-9-8-16(21)12-15(17)13-24-19-7-4-3-6-18(19)20;3-1(4)2(5)6/h3-4,6-9,12H,5,10-11,13H2,1-2H3;(H,3,4)(H,5,6). The molecule has 7 nitrogen and oxygen atoms in total. The second kappa shape index (κ2) is 10.1. The second-order valence-corrected chi connectivity index (χ2v) is 7.56. The number of halogens is 1. The number of nitrogens with zero attached hydrogens (tertiary/aromatic N) is 2. The van der Waals surface area contributed by atoms with Crippen molar-refractivity contribution >= 4 is 23.5 Å². The van der Waals surface area contributed by atoms with Crippen LogP contribution < -0.4 is 4.74 Å². The first-order valence-electron chi connectivity index (χ1n) is 9.24. The molecule has 2 aromatic rings.